The first kappa shape index (κ1) is 30.6. The fraction of sp³-hybridized carbons (Fsp3) is 0.567. The van der Waals surface area contributed by atoms with Gasteiger partial charge in [-0.1, -0.05) is 37.8 Å². The Morgan fingerprint density at radius 1 is 1.12 bits per heavy atom. The summed E-state index contributed by atoms with van der Waals surface area (Å²) >= 11 is 5.92. The van der Waals surface area contributed by atoms with Gasteiger partial charge in [0.1, 0.15) is 11.9 Å². The van der Waals surface area contributed by atoms with E-state index in [2.05, 4.69) is 23.6 Å². The number of halogens is 1. The number of hydrogen-bond acceptors (Lipinski definition) is 6. The second kappa shape index (κ2) is 13.6. The van der Waals surface area contributed by atoms with E-state index in [0.717, 1.165) is 6.54 Å². The van der Waals surface area contributed by atoms with E-state index in [0.29, 0.717) is 41.0 Å². The molecule has 0 saturated heterocycles. The van der Waals surface area contributed by atoms with Crippen molar-refractivity contribution < 1.29 is 23.1 Å². The number of aliphatic hydroxyl groups excluding tert-OH is 1. The van der Waals surface area contributed by atoms with Crippen LogP contribution in [-0.2, 0) is 21.2 Å². The van der Waals surface area contributed by atoms with Crippen molar-refractivity contribution in [2.24, 2.45) is 11.8 Å². The molecule has 0 bridgehead atoms. The molecule has 1 fully saturated rings. The molecule has 220 valence electrons. The highest BCUT2D eigenvalue weighted by molar-refractivity contribution is 7.92. The smallest absolute Gasteiger partial charge is 0.261 e. The van der Waals surface area contributed by atoms with Crippen LogP contribution in [0.3, 0.4) is 0 Å². The largest absolute Gasteiger partial charge is 0.488 e. The second-order valence-corrected chi connectivity index (χ2v) is 13.6. The second-order valence-electron chi connectivity index (χ2n) is 11.5. The number of nitrogens with zero attached hydrogens (tertiary/aromatic N) is 2. The fourth-order valence-corrected chi connectivity index (χ4v) is 6.91. The zero-order valence-corrected chi connectivity index (χ0v) is 25.3. The van der Waals surface area contributed by atoms with Gasteiger partial charge in [0.05, 0.1) is 24.0 Å². The van der Waals surface area contributed by atoms with Crippen molar-refractivity contribution in [2.45, 2.75) is 69.4 Å². The van der Waals surface area contributed by atoms with Crippen LogP contribution in [0.1, 0.15) is 51.5 Å². The van der Waals surface area contributed by atoms with Gasteiger partial charge in [0.2, 0.25) is 5.91 Å². The number of fused-ring (bicyclic) bond motifs is 1. The molecule has 0 aromatic heterocycles. The number of benzene rings is 2. The molecule has 3 atom stereocenters. The van der Waals surface area contributed by atoms with Gasteiger partial charge in [0.25, 0.3) is 10.0 Å². The van der Waals surface area contributed by atoms with Crippen LogP contribution in [0, 0.1) is 11.8 Å². The normalized spacial score (nSPS) is 21.6. The minimum absolute atomic E-state index is 0.0146. The predicted molar refractivity (Wildman–Crippen MR) is 158 cm³/mol. The van der Waals surface area contributed by atoms with Crippen LogP contribution in [0.15, 0.2) is 47.4 Å². The van der Waals surface area contributed by atoms with Crippen LogP contribution < -0.4 is 9.46 Å². The van der Waals surface area contributed by atoms with Gasteiger partial charge < -0.3 is 19.6 Å². The Morgan fingerprint density at radius 2 is 1.82 bits per heavy atom. The quantitative estimate of drug-likeness (QED) is 0.435. The molecule has 4 rings (SSSR count). The Balaban J connectivity index is 1.60. The zero-order chi connectivity index (χ0) is 28.9. The molecule has 1 saturated carbocycles. The van der Waals surface area contributed by atoms with Crippen molar-refractivity contribution >= 4 is 33.2 Å². The predicted octanol–water partition coefficient (Wildman–Crippen LogP) is 4.80. The average Bonchev–Trinajstić information content (AvgIpc) is 2.96. The molecular formula is C30H42ClN3O5S. The summed E-state index contributed by atoms with van der Waals surface area (Å²) in [6, 6.07) is 10.7. The van der Waals surface area contributed by atoms with Crippen molar-refractivity contribution in [2.75, 3.05) is 38.0 Å². The van der Waals surface area contributed by atoms with Crippen LogP contribution in [0.4, 0.5) is 5.69 Å². The molecule has 1 amide bonds. The number of carbonyl (C=O) groups excluding carboxylic acids is 1. The molecule has 10 heteroatoms. The number of aliphatic hydroxyl groups is 1. The van der Waals surface area contributed by atoms with Crippen LogP contribution in [-0.4, -0.2) is 74.7 Å². The number of amides is 1. The molecule has 1 heterocycles. The maximum atomic E-state index is 13.5. The van der Waals surface area contributed by atoms with E-state index in [1.54, 1.807) is 23.1 Å². The van der Waals surface area contributed by atoms with Crippen molar-refractivity contribution in [3.8, 4) is 5.75 Å². The summed E-state index contributed by atoms with van der Waals surface area (Å²) in [4.78, 5) is 17.6. The lowest BCUT2D eigenvalue weighted by Crippen LogP contribution is -2.48. The lowest BCUT2D eigenvalue weighted by atomic mass is 9.89. The van der Waals surface area contributed by atoms with Crippen LogP contribution >= 0.6 is 11.6 Å². The van der Waals surface area contributed by atoms with Gasteiger partial charge in [0, 0.05) is 41.8 Å². The van der Waals surface area contributed by atoms with E-state index in [1.165, 1.54) is 56.4 Å². The van der Waals surface area contributed by atoms with Crippen molar-refractivity contribution in [1.29, 1.82) is 0 Å². The molecule has 1 aliphatic carbocycles. The van der Waals surface area contributed by atoms with Crippen LogP contribution in [0.5, 0.6) is 5.75 Å². The first-order valence-electron chi connectivity index (χ1n) is 14.2. The Hall–Kier alpha value is -2.33. The van der Waals surface area contributed by atoms with Crippen molar-refractivity contribution in [3.63, 3.8) is 0 Å². The maximum Gasteiger partial charge on any atom is 0.261 e. The molecule has 0 unspecified atom stereocenters. The van der Waals surface area contributed by atoms with E-state index in [4.69, 9.17) is 16.3 Å². The monoisotopic (exact) mass is 591 g/mol. The Bertz CT molecular complexity index is 1250. The van der Waals surface area contributed by atoms with Gasteiger partial charge in [0.15, 0.2) is 0 Å². The lowest BCUT2D eigenvalue weighted by Gasteiger charge is -2.35. The maximum absolute atomic E-state index is 13.5. The highest BCUT2D eigenvalue weighted by Gasteiger charge is 2.31. The zero-order valence-electron chi connectivity index (χ0n) is 23.7. The standard InChI is InChI=1S/C30H42ClN3O5S/c1-21-17-34(22(2)20-35)30(36)16-24-15-26(32-40(37,38)27-12-9-25(31)10-13-27)11-14-28(24)39-29(21)19-33(3)18-23-7-5-4-6-8-23/h9-15,21-23,29,32,35H,4-8,16-20H2,1-3H3/t21-,22-,29+/m1/s1. The molecule has 2 N–H and O–H groups in total. The SMILES string of the molecule is C[C@@H]1CN([C@H](C)CO)C(=O)Cc2cc(NS(=O)(=O)c3ccc(Cl)cc3)ccc2O[C@H]1CN(C)CC1CCCCC1. The van der Waals surface area contributed by atoms with E-state index in [-0.39, 0.29) is 41.9 Å². The van der Waals surface area contributed by atoms with E-state index in [1.807, 2.05) is 6.92 Å². The molecular weight excluding hydrogens is 550 g/mol. The number of rotatable bonds is 9. The van der Waals surface area contributed by atoms with Gasteiger partial charge in [-0.05, 0) is 75.2 Å². The highest BCUT2D eigenvalue weighted by atomic mass is 35.5. The van der Waals surface area contributed by atoms with Gasteiger partial charge in [-0.15, -0.1) is 0 Å². The van der Waals surface area contributed by atoms with Crippen LogP contribution in [0.2, 0.25) is 5.02 Å². The third-order valence-electron chi connectivity index (χ3n) is 8.08. The first-order valence-corrected chi connectivity index (χ1v) is 16.1. The molecule has 2 aromatic rings. The summed E-state index contributed by atoms with van der Waals surface area (Å²) < 4.78 is 35.2. The Kier molecular flexibility index (Phi) is 10.4. The lowest BCUT2D eigenvalue weighted by molar-refractivity contribution is -0.134. The van der Waals surface area contributed by atoms with E-state index in [9.17, 15) is 18.3 Å². The van der Waals surface area contributed by atoms with Crippen molar-refractivity contribution in [1.82, 2.24) is 9.80 Å². The third kappa shape index (κ3) is 7.90. The first-order chi connectivity index (χ1) is 19.1. The summed E-state index contributed by atoms with van der Waals surface area (Å²) in [5, 5.41) is 10.3. The molecule has 2 aromatic carbocycles. The summed E-state index contributed by atoms with van der Waals surface area (Å²) in [6.45, 7) is 5.97. The third-order valence-corrected chi connectivity index (χ3v) is 9.73. The van der Waals surface area contributed by atoms with Crippen LogP contribution in [0.25, 0.3) is 0 Å². The van der Waals surface area contributed by atoms with Gasteiger partial charge >= 0.3 is 0 Å². The highest BCUT2D eigenvalue weighted by Crippen LogP contribution is 2.31. The number of anilines is 1. The van der Waals surface area contributed by atoms with Gasteiger partial charge in [-0.3, -0.25) is 9.52 Å². The number of carbonyl (C=O) groups is 1. The molecule has 1 aliphatic heterocycles. The topological polar surface area (TPSA) is 99.2 Å². The number of sulfonamides is 1. The molecule has 0 spiro atoms. The number of nitrogens with one attached hydrogen (secondary N) is 1. The molecule has 8 nitrogen and oxygen atoms in total. The molecule has 0 radical (unpaired) electrons. The summed E-state index contributed by atoms with van der Waals surface area (Å²) in [5.41, 5.74) is 0.940. The fourth-order valence-electron chi connectivity index (χ4n) is 5.73. The van der Waals surface area contributed by atoms with Crippen molar-refractivity contribution in [3.05, 3.63) is 53.1 Å². The Morgan fingerprint density at radius 3 is 2.50 bits per heavy atom. The van der Waals surface area contributed by atoms with Gasteiger partial charge in [-0.25, -0.2) is 8.42 Å². The summed E-state index contributed by atoms with van der Waals surface area (Å²) in [5.74, 6) is 1.15. The van der Waals surface area contributed by atoms with Gasteiger partial charge in [-0.2, -0.15) is 0 Å². The summed E-state index contributed by atoms with van der Waals surface area (Å²) in [7, 11) is -1.72. The minimum Gasteiger partial charge on any atom is -0.488 e. The van der Waals surface area contributed by atoms with E-state index >= 15 is 0 Å². The summed E-state index contributed by atoms with van der Waals surface area (Å²) in [6.07, 6.45) is 6.28. The number of likely N-dealkylation sites (N-methyl/N-ethyl adjacent to an activating group) is 1. The number of hydrogen-bond donors (Lipinski definition) is 2. The minimum atomic E-state index is -3.86. The average molecular weight is 592 g/mol. The molecule has 40 heavy (non-hydrogen) atoms. The molecule has 2 aliphatic rings. The van der Waals surface area contributed by atoms with E-state index < -0.39 is 10.0 Å². The number of ether oxygens (including phenoxy) is 1. The Labute approximate surface area is 243 Å².